The van der Waals surface area contributed by atoms with E-state index >= 15 is 0 Å². The third kappa shape index (κ3) is 4.58. The molecule has 29 heavy (non-hydrogen) atoms. The van der Waals surface area contributed by atoms with Gasteiger partial charge in [0.25, 0.3) is 5.91 Å². The number of amides is 2. The van der Waals surface area contributed by atoms with Gasteiger partial charge in [-0.25, -0.2) is 0 Å². The van der Waals surface area contributed by atoms with Gasteiger partial charge < -0.3 is 14.6 Å². The highest BCUT2D eigenvalue weighted by Crippen LogP contribution is 2.42. The van der Waals surface area contributed by atoms with Crippen molar-refractivity contribution in [3.63, 3.8) is 0 Å². The molecule has 2 amide bonds. The van der Waals surface area contributed by atoms with Gasteiger partial charge in [0.15, 0.2) is 0 Å². The average molecular weight is 411 g/mol. The third-order valence-corrected chi connectivity index (χ3v) is 7.05. The number of nitrogens with one attached hydrogen (secondary N) is 1. The quantitative estimate of drug-likeness (QED) is 0.753. The molecule has 0 spiro atoms. The van der Waals surface area contributed by atoms with Crippen LogP contribution in [-0.4, -0.2) is 34.6 Å². The van der Waals surface area contributed by atoms with Gasteiger partial charge in [0.2, 0.25) is 5.91 Å². The van der Waals surface area contributed by atoms with E-state index in [1.807, 2.05) is 43.3 Å². The monoisotopic (exact) mass is 410 g/mol. The van der Waals surface area contributed by atoms with Crippen LogP contribution in [0.4, 0.5) is 0 Å². The van der Waals surface area contributed by atoms with Crippen molar-refractivity contribution in [3.05, 3.63) is 64.5 Å². The molecule has 152 valence electrons. The molecule has 5 nitrogen and oxygen atoms in total. The zero-order valence-corrected chi connectivity index (χ0v) is 17.4. The molecule has 1 N–H and O–H groups in total. The minimum atomic E-state index is -0.152. The molecule has 2 atom stereocenters. The number of carbonyl (C=O) groups is 2. The van der Waals surface area contributed by atoms with E-state index < -0.39 is 0 Å². The molecule has 2 aromatic rings. The van der Waals surface area contributed by atoms with Crippen molar-refractivity contribution in [1.82, 2.24) is 10.2 Å². The number of furan rings is 1. The number of nitrogens with zero attached hydrogens (tertiary/aromatic N) is 1. The highest BCUT2D eigenvalue weighted by Gasteiger charge is 2.41. The minimum Gasteiger partial charge on any atom is -0.467 e. The number of thioether (sulfide) groups is 1. The zero-order chi connectivity index (χ0) is 20.2. The summed E-state index contributed by atoms with van der Waals surface area (Å²) < 4.78 is 5.27. The van der Waals surface area contributed by atoms with Gasteiger partial charge in [0, 0.05) is 11.3 Å². The first-order valence-electron chi connectivity index (χ1n) is 10.2. The van der Waals surface area contributed by atoms with E-state index in [1.165, 1.54) is 6.42 Å². The van der Waals surface area contributed by atoms with Crippen LogP contribution in [0.25, 0.3) is 6.08 Å². The first-order chi connectivity index (χ1) is 14.1. The fraction of sp³-hybridized carbons (Fsp3) is 0.391. The maximum Gasteiger partial charge on any atom is 0.261 e. The average Bonchev–Trinajstić information content (AvgIpc) is 3.25. The normalized spacial score (nSPS) is 23.1. The second-order valence-electron chi connectivity index (χ2n) is 7.66. The third-order valence-electron chi connectivity index (χ3n) is 5.65. The second-order valence-corrected chi connectivity index (χ2v) is 8.94. The first kappa shape index (κ1) is 19.8. The Morgan fingerprint density at radius 1 is 1.24 bits per heavy atom. The van der Waals surface area contributed by atoms with E-state index in [0.717, 1.165) is 35.3 Å². The number of aryl methyl sites for hydroxylation is 1. The lowest BCUT2D eigenvalue weighted by Gasteiger charge is -2.43. The maximum atomic E-state index is 13.3. The molecular weight excluding hydrogens is 384 g/mol. The van der Waals surface area contributed by atoms with Crippen molar-refractivity contribution < 1.29 is 14.0 Å². The number of hydrogen-bond acceptors (Lipinski definition) is 4. The van der Waals surface area contributed by atoms with Crippen molar-refractivity contribution in [3.8, 4) is 0 Å². The van der Waals surface area contributed by atoms with Gasteiger partial charge >= 0.3 is 0 Å². The number of carbonyl (C=O) groups excluding carboxylic acids is 2. The highest BCUT2D eigenvalue weighted by molar-refractivity contribution is 8.04. The first-order valence-corrected chi connectivity index (χ1v) is 11.0. The van der Waals surface area contributed by atoms with Gasteiger partial charge in [0.1, 0.15) is 12.3 Å². The zero-order valence-electron chi connectivity index (χ0n) is 16.6. The van der Waals surface area contributed by atoms with Crippen LogP contribution in [0.2, 0.25) is 0 Å². The lowest BCUT2D eigenvalue weighted by atomic mass is 9.93. The van der Waals surface area contributed by atoms with Gasteiger partial charge in [-0.1, -0.05) is 37.1 Å². The van der Waals surface area contributed by atoms with Crippen LogP contribution in [0.1, 0.15) is 42.6 Å². The van der Waals surface area contributed by atoms with Crippen LogP contribution in [0.5, 0.6) is 0 Å². The Labute approximate surface area is 175 Å². The molecule has 2 fully saturated rings. The van der Waals surface area contributed by atoms with E-state index in [1.54, 1.807) is 29.0 Å². The summed E-state index contributed by atoms with van der Waals surface area (Å²) in [6, 6.07) is 11.8. The van der Waals surface area contributed by atoms with Crippen molar-refractivity contribution in [2.75, 3.05) is 6.54 Å². The molecule has 2 aliphatic rings. The number of benzene rings is 1. The van der Waals surface area contributed by atoms with Crippen molar-refractivity contribution in [2.45, 2.75) is 50.4 Å². The van der Waals surface area contributed by atoms with Gasteiger partial charge in [-0.15, -0.1) is 11.8 Å². The van der Waals surface area contributed by atoms with Gasteiger partial charge in [-0.3, -0.25) is 9.59 Å². The number of rotatable bonds is 5. The SMILES string of the molecule is Cc1ccccc1/C=C1\SC2CCCCC2N(CC(=O)NCc2ccco2)C1=O. The van der Waals surface area contributed by atoms with E-state index in [-0.39, 0.29) is 24.4 Å². The Balaban J connectivity index is 1.52. The standard InChI is InChI=1S/C23H26N2O3S/c1-16-7-2-3-8-17(16)13-21-23(27)25(19-10-4-5-11-20(19)29-21)15-22(26)24-14-18-9-6-12-28-18/h2-3,6-9,12-13,19-20H,4-5,10-11,14-15H2,1H3,(H,24,26)/b21-13-. The summed E-state index contributed by atoms with van der Waals surface area (Å²) in [6.07, 6.45) is 7.91. The minimum absolute atomic E-state index is 0.0328. The lowest BCUT2D eigenvalue weighted by molar-refractivity contribution is -0.135. The predicted molar refractivity (Wildman–Crippen MR) is 115 cm³/mol. The molecule has 1 saturated carbocycles. The Bertz CT molecular complexity index is 907. The van der Waals surface area contributed by atoms with Crippen molar-refractivity contribution in [1.29, 1.82) is 0 Å². The van der Waals surface area contributed by atoms with Crippen LogP contribution in [0.3, 0.4) is 0 Å². The summed E-state index contributed by atoms with van der Waals surface area (Å²) in [6.45, 7) is 2.47. The molecule has 6 heteroatoms. The van der Waals surface area contributed by atoms with E-state index in [4.69, 9.17) is 4.42 Å². The van der Waals surface area contributed by atoms with E-state index in [2.05, 4.69) is 5.32 Å². The summed E-state index contributed by atoms with van der Waals surface area (Å²) in [5, 5.41) is 3.23. The Morgan fingerprint density at radius 2 is 2.07 bits per heavy atom. The van der Waals surface area contributed by atoms with Gasteiger partial charge in [-0.05, 0) is 49.1 Å². The maximum absolute atomic E-state index is 13.3. The molecule has 1 saturated heterocycles. The summed E-state index contributed by atoms with van der Waals surface area (Å²) in [4.78, 5) is 28.4. The molecule has 1 aromatic carbocycles. The Kier molecular flexibility index (Phi) is 6.09. The van der Waals surface area contributed by atoms with Crippen LogP contribution in [-0.2, 0) is 16.1 Å². The van der Waals surface area contributed by atoms with Gasteiger partial charge in [-0.2, -0.15) is 0 Å². The van der Waals surface area contributed by atoms with Crippen molar-refractivity contribution in [2.24, 2.45) is 0 Å². The largest absolute Gasteiger partial charge is 0.467 e. The highest BCUT2D eigenvalue weighted by atomic mass is 32.2. The molecule has 0 radical (unpaired) electrons. The summed E-state index contributed by atoms with van der Waals surface area (Å²) in [5.74, 6) is 0.519. The molecule has 0 bridgehead atoms. The van der Waals surface area contributed by atoms with Gasteiger partial charge in [0.05, 0.1) is 17.7 Å². The fourth-order valence-electron chi connectivity index (χ4n) is 4.06. The molecule has 1 aliphatic carbocycles. The second kappa shape index (κ2) is 8.91. The molecule has 1 aliphatic heterocycles. The molecule has 2 heterocycles. The van der Waals surface area contributed by atoms with Crippen LogP contribution >= 0.6 is 11.8 Å². The lowest BCUT2D eigenvalue weighted by Crippen LogP contribution is -2.54. The number of hydrogen-bond donors (Lipinski definition) is 1. The smallest absolute Gasteiger partial charge is 0.261 e. The molecular formula is C23H26N2O3S. The fourth-order valence-corrected chi connectivity index (χ4v) is 5.53. The summed E-state index contributed by atoms with van der Waals surface area (Å²) in [7, 11) is 0. The Hall–Kier alpha value is -2.47. The summed E-state index contributed by atoms with van der Waals surface area (Å²) in [5.41, 5.74) is 2.20. The number of fused-ring (bicyclic) bond motifs is 1. The summed E-state index contributed by atoms with van der Waals surface area (Å²) >= 11 is 1.69. The predicted octanol–water partition coefficient (Wildman–Crippen LogP) is 4.13. The van der Waals surface area contributed by atoms with Crippen molar-refractivity contribution >= 4 is 29.7 Å². The van der Waals surface area contributed by atoms with Crippen LogP contribution < -0.4 is 5.32 Å². The van der Waals surface area contributed by atoms with Crippen LogP contribution in [0, 0.1) is 6.92 Å². The Morgan fingerprint density at radius 3 is 2.86 bits per heavy atom. The molecule has 2 unspecified atom stereocenters. The van der Waals surface area contributed by atoms with E-state index in [0.29, 0.717) is 17.6 Å². The topological polar surface area (TPSA) is 62.6 Å². The van der Waals surface area contributed by atoms with Crippen LogP contribution in [0.15, 0.2) is 52.0 Å². The van der Waals surface area contributed by atoms with E-state index in [9.17, 15) is 9.59 Å². The molecule has 1 aromatic heterocycles. The molecule has 4 rings (SSSR count).